The number of benzene rings is 1. The maximum Gasteiger partial charge on any atom is 0.119 e. The van der Waals surface area contributed by atoms with Gasteiger partial charge < -0.3 is 10.5 Å². The summed E-state index contributed by atoms with van der Waals surface area (Å²) >= 11 is 3.53. The zero-order valence-electron chi connectivity index (χ0n) is 10.6. The number of halogens is 2. The third-order valence-corrected chi connectivity index (χ3v) is 3.38. The maximum atomic E-state index is 6.18. The summed E-state index contributed by atoms with van der Waals surface area (Å²) < 4.78 is 6.27. The van der Waals surface area contributed by atoms with E-state index in [0.29, 0.717) is 5.92 Å². The molecule has 0 aliphatic heterocycles. The summed E-state index contributed by atoms with van der Waals surface area (Å²) in [5.74, 6) is 1.55. The summed E-state index contributed by atoms with van der Waals surface area (Å²) in [6.45, 7) is 4.43. The van der Waals surface area contributed by atoms with Gasteiger partial charge >= 0.3 is 0 Å². The maximum absolute atomic E-state index is 6.18. The van der Waals surface area contributed by atoms with Crippen LogP contribution >= 0.6 is 28.3 Å². The Balaban J connectivity index is 0.00000256. The van der Waals surface area contributed by atoms with Crippen molar-refractivity contribution < 1.29 is 4.74 Å². The Morgan fingerprint density at radius 3 is 2.47 bits per heavy atom. The second-order valence-electron chi connectivity index (χ2n) is 4.47. The largest absolute Gasteiger partial charge is 0.497 e. The molecule has 0 bridgehead atoms. The highest BCUT2D eigenvalue weighted by atomic mass is 79.9. The lowest BCUT2D eigenvalue weighted by molar-refractivity contribution is 0.413. The molecule has 0 aromatic heterocycles. The van der Waals surface area contributed by atoms with Crippen LogP contribution in [0.1, 0.15) is 38.3 Å². The summed E-state index contributed by atoms with van der Waals surface area (Å²) in [4.78, 5) is 0. The van der Waals surface area contributed by atoms with Crippen molar-refractivity contribution in [2.75, 3.05) is 7.11 Å². The minimum Gasteiger partial charge on any atom is -0.497 e. The molecule has 0 saturated heterocycles. The first-order valence-electron chi connectivity index (χ1n) is 5.63. The smallest absolute Gasteiger partial charge is 0.119 e. The summed E-state index contributed by atoms with van der Waals surface area (Å²) in [7, 11) is 1.67. The monoisotopic (exact) mass is 321 g/mol. The fourth-order valence-corrected chi connectivity index (χ4v) is 2.14. The van der Waals surface area contributed by atoms with Gasteiger partial charge in [0, 0.05) is 10.5 Å². The van der Waals surface area contributed by atoms with Crippen LogP contribution in [0.15, 0.2) is 22.7 Å². The number of nitrogens with two attached hydrogens (primary N) is 1. The van der Waals surface area contributed by atoms with Crippen LogP contribution in [0.25, 0.3) is 0 Å². The van der Waals surface area contributed by atoms with Gasteiger partial charge in [-0.05, 0) is 42.5 Å². The first-order chi connectivity index (χ1) is 7.54. The predicted molar refractivity (Wildman–Crippen MR) is 78.9 cm³/mol. The van der Waals surface area contributed by atoms with Crippen molar-refractivity contribution in [2.24, 2.45) is 11.7 Å². The normalized spacial score (nSPS) is 12.1. The topological polar surface area (TPSA) is 35.2 Å². The van der Waals surface area contributed by atoms with Crippen LogP contribution in [0.5, 0.6) is 5.75 Å². The minimum absolute atomic E-state index is 0. The van der Waals surface area contributed by atoms with Gasteiger partial charge in [-0.15, -0.1) is 12.4 Å². The van der Waals surface area contributed by atoms with E-state index in [2.05, 4.69) is 29.8 Å². The molecule has 0 fully saturated rings. The third kappa shape index (κ3) is 5.28. The Hall–Kier alpha value is -0.250. The molecule has 1 aromatic rings. The molecule has 0 radical (unpaired) electrons. The van der Waals surface area contributed by atoms with E-state index in [1.54, 1.807) is 7.11 Å². The summed E-state index contributed by atoms with van der Waals surface area (Å²) in [6, 6.07) is 6.01. The van der Waals surface area contributed by atoms with Gasteiger partial charge in [-0.3, -0.25) is 0 Å². The third-order valence-electron chi connectivity index (χ3n) is 2.66. The van der Waals surface area contributed by atoms with E-state index in [0.717, 1.165) is 28.6 Å². The minimum atomic E-state index is 0. The summed E-state index contributed by atoms with van der Waals surface area (Å²) in [5, 5.41) is 0. The van der Waals surface area contributed by atoms with Crippen molar-refractivity contribution in [3.63, 3.8) is 0 Å². The van der Waals surface area contributed by atoms with Gasteiger partial charge in [0.15, 0.2) is 0 Å². The molecule has 2 nitrogen and oxygen atoms in total. The van der Waals surface area contributed by atoms with Gasteiger partial charge in [0.2, 0.25) is 0 Å². The van der Waals surface area contributed by atoms with Crippen molar-refractivity contribution in [1.29, 1.82) is 0 Å². The van der Waals surface area contributed by atoms with Crippen LogP contribution in [-0.4, -0.2) is 7.11 Å². The summed E-state index contributed by atoms with van der Waals surface area (Å²) in [6.07, 6.45) is 2.15. The first kappa shape index (κ1) is 16.8. The van der Waals surface area contributed by atoms with Crippen LogP contribution in [0, 0.1) is 5.92 Å². The second kappa shape index (κ2) is 7.96. The van der Waals surface area contributed by atoms with Gasteiger partial charge in [-0.25, -0.2) is 0 Å². The molecule has 0 spiro atoms. The van der Waals surface area contributed by atoms with Crippen LogP contribution in [0.2, 0.25) is 0 Å². The highest BCUT2D eigenvalue weighted by Gasteiger charge is 2.11. The van der Waals surface area contributed by atoms with E-state index in [1.807, 2.05) is 18.2 Å². The van der Waals surface area contributed by atoms with Crippen molar-refractivity contribution >= 4 is 28.3 Å². The van der Waals surface area contributed by atoms with Gasteiger partial charge in [0.25, 0.3) is 0 Å². The lowest BCUT2D eigenvalue weighted by Gasteiger charge is -2.16. The highest BCUT2D eigenvalue weighted by molar-refractivity contribution is 9.10. The number of methoxy groups -OCH3 is 1. The van der Waals surface area contributed by atoms with Crippen molar-refractivity contribution in [2.45, 2.75) is 32.7 Å². The molecule has 1 atom stereocenters. The Bertz CT molecular complexity index is 344. The van der Waals surface area contributed by atoms with Crippen LogP contribution in [0.3, 0.4) is 0 Å². The number of hydrogen-bond donors (Lipinski definition) is 1. The molecule has 17 heavy (non-hydrogen) atoms. The zero-order valence-corrected chi connectivity index (χ0v) is 13.0. The fourth-order valence-electron chi connectivity index (χ4n) is 1.60. The fraction of sp³-hybridized carbons (Fsp3) is 0.538. The molecule has 98 valence electrons. The number of rotatable bonds is 5. The Labute approximate surface area is 118 Å². The molecule has 0 amide bonds. The predicted octanol–water partition coefficient (Wildman–Crippen LogP) is 4.32. The second-order valence-corrected chi connectivity index (χ2v) is 5.32. The van der Waals surface area contributed by atoms with E-state index in [-0.39, 0.29) is 18.4 Å². The molecule has 0 aliphatic carbocycles. The van der Waals surface area contributed by atoms with E-state index in [4.69, 9.17) is 10.5 Å². The molecular formula is C13H21BrClNO. The van der Waals surface area contributed by atoms with Crippen LogP contribution in [0.4, 0.5) is 0 Å². The molecular weight excluding hydrogens is 302 g/mol. The molecule has 0 heterocycles. The van der Waals surface area contributed by atoms with E-state index < -0.39 is 0 Å². The van der Waals surface area contributed by atoms with Gasteiger partial charge in [0.1, 0.15) is 5.75 Å². The number of hydrogen-bond acceptors (Lipinski definition) is 2. The van der Waals surface area contributed by atoms with Gasteiger partial charge in [-0.2, -0.15) is 0 Å². The van der Waals surface area contributed by atoms with E-state index in [9.17, 15) is 0 Å². The quantitative estimate of drug-likeness (QED) is 0.876. The van der Waals surface area contributed by atoms with Crippen molar-refractivity contribution in [1.82, 2.24) is 0 Å². The molecule has 1 aromatic carbocycles. The number of ether oxygens (including phenoxy) is 1. The molecule has 1 rings (SSSR count). The molecule has 0 aliphatic rings. The highest BCUT2D eigenvalue weighted by Crippen LogP contribution is 2.29. The average molecular weight is 323 g/mol. The SMILES string of the molecule is COc1ccc(Br)c([C@@H](N)CCC(C)C)c1.Cl. The van der Waals surface area contributed by atoms with Crippen molar-refractivity contribution in [3.8, 4) is 5.75 Å². The lowest BCUT2D eigenvalue weighted by Crippen LogP contribution is -2.12. The Morgan fingerprint density at radius 1 is 1.29 bits per heavy atom. The average Bonchev–Trinajstić information content (AvgIpc) is 2.26. The molecule has 2 N–H and O–H groups in total. The Kier molecular flexibility index (Phi) is 7.84. The lowest BCUT2D eigenvalue weighted by atomic mass is 9.98. The van der Waals surface area contributed by atoms with Crippen LogP contribution < -0.4 is 10.5 Å². The molecule has 0 unspecified atom stereocenters. The van der Waals surface area contributed by atoms with Crippen molar-refractivity contribution in [3.05, 3.63) is 28.2 Å². The summed E-state index contributed by atoms with van der Waals surface area (Å²) in [5.41, 5.74) is 7.31. The molecule has 0 saturated carbocycles. The van der Waals surface area contributed by atoms with E-state index >= 15 is 0 Å². The molecule has 4 heteroatoms. The van der Waals surface area contributed by atoms with Gasteiger partial charge in [0.05, 0.1) is 7.11 Å². The van der Waals surface area contributed by atoms with E-state index in [1.165, 1.54) is 0 Å². The standard InChI is InChI=1S/C13H20BrNO.ClH/c1-9(2)4-7-13(15)11-8-10(16-3)5-6-12(11)14;/h5-6,8-9,13H,4,7,15H2,1-3H3;1H/t13-;/m0./s1. The van der Waals surface area contributed by atoms with Crippen LogP contribution in [-0.2, 0) is 0 Å². The first-order valence-corrected chi connectivity index (χ1v) is 6.43. The zero-order chi connectivity index (χ0) is 12.1. The van der Waals surface area contributed by atoms with Gasteiger partial charge in [-0.1, -0.05) is 29.8 Å². The Morgan fingerprint density at radius 2 is 1.94 bits per heavy atom.